The minimum Gasteiger partial charge on any atom is -0.375 e. The van der Waals surface area contributed by atoms with Gasteiger partial charge in [0.25, 0.3) is 0 Å². The van der Waals surface area contributed by atoms with Crippen LogP contribution in [-0.4, -0.2) is 12.2 Å². The second kappa shape index (κ2) is 5.35. The summed E-state index contributed by atoms with van der Waals surface area (Å²) in [5.74, 6) is 0. The van der Waals surface area contributed by atoms with Crippen molar-refractivity contribution in [3.63, 3.8) is 0 Å². The molecule has 0 aliphatic rings. The Morgan fingerprint density at radius 1 is 0.875 bits per heavy atom. The van der Waals surface area contributed by atoms with E-state index >= 15 is 0 Å². The standard InChI is InChI=1S/C15H30O/c1-13(2,3)10-9-11-15(7,8)12-16-14(4,5)6/h9-10H,11-12H2,1-8H3. The van der Waals surface area contributed by atoms with Gasteiger partial charge in [0.15, 0.2) is 0 Å². The van der Waals surface area contributed by atoms with Gasteiger partial charge in [-0.3, -0.25) is 0 Å². The maximum atomic E-state index is 5.84. The fourth-order valence-corrected chi connectivity index (χ4v) is 1.20. The molecule has 0 rings (SSSR count). The van der Waals surface area contributed by atoms with Crippen molar-refractivity contribution in [1.82, 2.24) is 0 Å². The molecule has 0 saturated heterocycles. The minimum atomic E-state index is -0.0367. The van der Waals surface area contributed by atoms with Crippen molar-refractivity contribution >= 4 is 0 Å². The maximum absolute atomic E-state index is 5.84. The predicted molar refractivity (Wildman–Crippen MR) is 72.7 cm³/mol. The zero-order chi connectivity index (χ0) is 13.0. The van der Waals surface area contributed by atoms with E-state index in [1.54, 1.807) is 0 Å². The van der Waals surface area contributed by atoms with E-state index in [1.807, 2.05) is 0 Å². The zero-order valence-electron chi connectivity index (χ0n) is 12.5. The third-order valence-electron chi connectivity index (χ3n) is 2.18. The summed E-state index contributed by atoms with van der Waals surface area (Å²) in [6.07, 6.45) is 5.64. The third kappa shape index (κ3) is 10.2. The van der Waals surface area contributed by atoms with E-state index in [0.717, 1.165) is 13.0 Å². The van der Waals surface area contributed by atoms with E-state index in [-0.39, 0.29) is 16.4 Å². The van der Waals surface area contributed by atoms with Crippen LogP contribution in [0.3, 0.4) is 0 Å². The van der Waals surface area contributed by atoms with Crippen molar-refractivity contribution in [2.45, 2.75) is 67.4 Å². The molecular formula is C15H30O. The molecule has 1 nitrogen and oxygen atoms in total. The van der Waals surface area contributed by atoms with E-state index in [9.17, 15) is 0 Å². The Morgan fingerprint density at radius 3 is 1.75 bits per heavy atom. The van der Waals surface area contributed by atoms with E-state index < -0.39 is 0 Å². The Hall–Kier alpha value is -0.300. The molecule has 0 aromatic rings. The first-order valence-corrected chi connectivity index (χ1v) is 6.23. The fraction of sp³-hybridized carbons (Fsp3) is 0.867. The summed E-state index contributed by atoms with van der Waals surface area (Å²) in [5, 5.41) is 0. The van der Waals surface area contributed by atoms with Crippen LogP contribution in [0.1, 0.15) is 61.8 Å². The van der Waals surface area contributed by atoms with Gasteiger partial charge >= 0.3 is 0 Å². The van der Waals surface area contributed by atoms with Crippen LogP contribution in [0.15, 0.2) is 12.2 Å². The van der Waals surface area contributed by atoms with Gasteiger partial charge in [-0.1, -0.05) is 46.8 Å². The highest BCUT2D eigenvalue weighted by Crippen LogP contribution is 2.25. The molecule has 0 amide bonds. The number of hydrogen-bond donors (Lipinski definition) is 0. The van der Waals surface area contributed by atoms with Crippen LogP contribution < -0.4 is 0 Å². The molecule has 0 aliphatic carbocycles. The molecule has 0 bridgehead atoms. The molecule has 0 fully saturated rings. The summed E-state index contributed by atoms with van der Waals surface area (Å²) >= 11 is 0. The summed E-state index contributed by atoms with van der Waals surface area (Å²) in [6.45, 7) is 18.3. The molecule has 0 aliphatic heterocycles. The van der Waals surface area contributed by atoms with E-state index in [4.69, 9.17) is 4.74 Å². The van der Waals surface area contributed by atoms with E-state index in [1.165, 1.54) is 0 Å². The normalized spacial score (nSPS) is 14.8. The highest BCUT2D eigenvalue weighted by atomic mass is 16.5. The van der Waals surface area contributed by atoms with Gasteiger partial charge in [0.1, 0.15) is 0 Å². The molecule has 1 heteroatoms. The van der Waals surface area contributed by atoms with Crippen LogP contribution >= 0.6 is 0 Å². The first-order chi connectivity index (χ1) is 6.91. The highest BCUT2D eigenvalue weighted by Gasteiger charge is 2.21. The summed E-state index contributed by atoms with van der Waals surface area (Å²) in [6, 6.07) is 0. The molecule has 0 aromatic carbocycles. The third-order valence-corrected chi connectivity index (χ3v) is 2.18. The first kappa shape index (κ1) is 15.7. The van der Waals surface area contributed by atoms with Gasteiger partial charge < -0.3 is 4.74 Å². The second-order valence-corrected chi connectivity index (χ2v) is 7.54. The lowest BCUT2D eigenvalue weighted by atomic mass is 9.88. The Morgan fingerprint density at radius 2 is 1.38 bits per heavy atom. The molecule has 0 spiro atoms. The average molecular weight is 226 g/mol. The van der Waals surface area contributed by atoms with Crippen LogP contribution in [0, 0.1) is 10.8 Å². The zero-order valence-corrected chi connectivity index (χ0v) is 12.5. The van der Waals surface area contributed by atoms with Crippen molar-refractivity contribution in [3.05, 3.63) is 12.2 Å². The molecular weight excluding hydrogens is 196 g/mol. The molecule has 96 valence electrons. The van der Waals surface area contributed by atoms with Gasteiger partial charge in [-0.25, -0.2) is 0 Å². The molecule has 0 unspecified atom stereocenters. The molecule has 0 atom stereocenters. The molecule has 0 aromatic heterocycles. The topological polar surface area (TPSA) is 9.23 Å². The van der Waals surface area contributed by atoms with E-state index in [2.05, 4.69) is 67.5 Å². The molecule has 0 N–H and O–H groups in total. The summed E-state index contributed by atoms with van der Waals surface area (Å²) in [4.78, 5) is 0. The monoisotopic (exact) mass is 226 g/mol. The Balaban J connectivity index is 4.11. The summed E-state index contributed by atoms with van der Waals surface area (Å²) in [7, 11) is 0. The molecule has 16 heavy (non-hydrogen) atoms. The molecule has 0 radical (unpaired) electrons. The van der Waals surface area contributed by atoms with Gasteiger partial charge in [0, 0.05) is 0 Å². The van der Waals surface area contributed by atoms with Gasteiger partial charge in [0.2, 0.25) is 0 Å². The largest absolute Gasteiger partial charge is 0.375 e. The van der Waals surface area contributed by atoms with Gasteiger partial charge in [-0.05, 0) is 38.0 Å². The lowest BCUT2D eigenvalue weighted by Crippen LogP contribution is -2.27. The number of ether oxygens (including phenoxy) is 1. The lowest BCUT2D eigenvalue weighted by Gasteiger charge is -2.29. The summed E-state index contributed by atoms with van der Waals surface area (Å²) in [5.41, 5.74) is 0.459. The van der Waals surface area contributed by atoms with Crippen molar-refractivity contribution in [1.29, 1.82) is 0 Å². The van der Waals surface area contributed by atoms with Gasteiger partial charge in [0.05, 0.1) is 12.2 Å². The van der Waals surface area contributed by atoms with Crippen molar-refractivity contribution < 1.29 is 4.74 Å². The maximum Gasteiger partial charge on any atom is 0.0598 e. The highest BCUT2D eigenvalue weighted by molar-refractivity contribution is 4.94. The SMILES string of the molecule is CC(C)(C)C=CCC(C)(C)COC(C)(C)C. The quantitative estimate of drug-likeness (QED) is 0.624. The number of rotatable bonds is 4. The van der Waals surface area contributed by atoms with Crippen LogP contribution in [-0.2, 0) is 4.74 Å². The summed E-state index contributed by atoms with van der Waals surface area (Å²) < 4.78 is 5.84. The lowest BCUT2D eigenvalue weighted by molar-refractivity contribution is -0.0421. The van der Waals surface area contributed by atoms with Crippen molar-refractivity contribution in [2.75, 3.05) is 6.61 Å². The van der Waals surface area contributed by atoms with E-state index in [0.29, 0.717) is 0 Å². The fourth-order valence-electron chi connectivity index (χ4n) is 1.20. The number of hydrogen-bond acceptors (Lipinski definition) is 1. The van der Waals surface area contributed by atoms with Crippen LogP contribution in [0.25, 0.3) is 0 Å². The Labute approximate surface area is 102 Å². The van der Waals surface area contributed by atoms with Crippen molar-refractivity contribution in [2.24, 2.45) is 10.8 Å². The van der Waals surface area contributed by atoms with Crippen LogP contribution in [0.2, 0.25) is 0 Å². The average Bonchev–Trinajstić information content (AvgIpc) is 1.97. The second-order valence-electron chi connectivity index (χ2n) is 7.54. The smallest absolute Gasteiger partial charge is 0.0598 e. The minimum absolute atomic E-state index is 0.0367. The van der Waals surface area contributed by atoms with Gasteiger partial charge in [-0.2, -0.15) is 0 Å². The molecule has 0 heterocycles. The Bertz CT molecular complexity index is 223. The van der Waals surface area contributed by atoms with Crippen LogP contribution in [0.5, 0.6) is 0 Å². The predicted octanol–water partition coefficient (Wildman–Crippen LogP) is 4.82. The number of allylic oxidation sites excluding steroid dienone is 2. The van der Waals surface area contributed by atoms with Crippen LogP contribution in [0.4, 0.5) is 0 Å². The molecule has 0 saturated carbocycles. The van der Waals surface area contributed by atoms with Crippen molar-refractivity contribution in [3.8, 4) is 0 Å². The van der Waals surface area contributed by atoms with Gasteiger partial charge in [-0.15, -0.1) is 0 Å². The Kier molecular flexibility index (Phi) is 5.25. The first-order valence-electron chi connectivity index (χ1n) is 6.23.